The third-order valence-electron chi connectivity index (χ3n) is 4.92. The molecular weight excluding hydrogens is 318 g/mol. The van der Waals surface area contributed by atoms with Gasteiger partial charge < -0.3 is 14.0 Å². The van der Waals surface area contributed by atoms with Crippen LogP contribution in [0.1, 0.15) is 46.5 Å². The number of aryl methyl sites for hydroxylation is 3. The minimum atomic E-state index is 0.0178. The first kappa shape index (κ1) is 15.8. The van der Waals surface area contributed by atoms with Gasteiger partial charge in [0.1, 0.15) is 5.82 Å². The molecule has 0 N–H and O–H groups in total. The predicted molar refractivity (Wildman–Crippen MR) is 92.4 cm³/mol. The van der Waals surface area contributed by atoms with Crippen LogP contribution in [0.15, 0.2) is 23.0 Å². The summed E-state index contributed by atoms with van der Waals surface area (Å²) in [4.78, 5) is 23.8. The normalized spacial score (nSPS) is 18.0. The summed E-state index contributed by atoms with van der Waals surface area (Å²) in [5.41, 5.74) is 2.51. The molecule has 1 aliphatic rings. The Balaban J connectivity index is 1.67. The molecule has 0 bridgehead atoms. The lowest BCUT2D eigenvalue weighted by molar-refractivity contribution is 0.0680. The quantitative estimate of drug-likeness (QED) is 0.717. The Bertz CT molecular complexity index is 942. The average molecular weight is 339 g/mol. The van der Waals surface area contributed by atoms with E-state index >= 15 is 0 Å². The molecule has 130 valence electrons. The molecule has 1 atom stereocenters. The van der Waals surface area contributed by atoms with Crippen LogP contribution in [-0.2, 0) is 0 Å². The minimum Gasteiger partial charge on any atom is -0.337 e. The van der Waals surface area contributed by atoms with Gasteiger partial charge in [-0.25, -0.2) is 9.97 Å². The molecule has 1 amide bonds. The molecule has 0 unspecified atom stereocenters. The Morgan fingerprint density at radius 2 is 2.16 bits per heavy atom. The molecule has 0 radical (unpaired) electrons. The van der Waals surface area contributed by atoms with Crippen LogP contribution < -0.4 is 0 Å². The van der Waals surface area contributed by atoms with Gasteiger partial charge in [-0.15, -0.1) is 0 Å². The zero-order valence-electron chi connectivity index (χ0n) is 14.7. The summed E-state index contributed by atoms with van der Waals surface area (Å²) in [5.74, 6) is 1.00. The Labute approximate surface area is 145 Å². The molecule has 4 heterocycles. The van der Waals surface area contributed by atoms with Crippen molar-refractivity contribution in [2.24, 2.45) is 0 Å². The van der Waals surface area contributed by atoms with Crippen molar-refractivity contribution in [1.82, 2.24) is 24.6 Å². The molecule has 0 aromatic carbocycles. The molecule has 7 nitrogen and oxygen atoms in total. The molecule has 4 rings (SSSR count). The number of piperidine rings is 1. The van der Waals surface area contributed by atoms with Crippen LogP contribution in [0, 0.1) is 20.8 Å². The molecule has 1 aliphatic heterocycles. The van der Waals surface area contributed by atoms with Gasteiger partial charge in [-0.2, -0.15) is 0 Å². The molecule has 0 spiro atoms. The number of hydrogen-bond acceptors (Lipinski definition) is 5. The molecule has 7 heteroatoms. The highest BCUT2D eigenvalue weighted by Crippen LogP contribution is 2.27. The fourth-order valence-corrected chi connectivity index (χ4v) is 3.70. The first-order valence-corrected chi connectivity index (χ1v) is 8.57. The number of pyridine rings is 1. The summed E-state index contributed by atoms with van der Waals surface area (Å²) in [5, 5.41) is 4.69. The van der Waals surface area contributed by atoms with E-state index in [1.807, 2.05) is 44.1 Å². The van der Waals surface area contributed by atoms with Gasteiger partial charge in [-0.1, -0.05) is 5.16 Å². The highest BCUT2D eigenvalue weighted by molar-refractivity contribution is 6.06. The zero-order valence-corrected chi connectivity index (χ0v) is 14.7. The van der Waals surface area contributed by atoms with Gasteiger partial charge in [0.25, 0.3) is 11.6 Å². The number of aromatic nitrogens is 4. The van der Waals surface area contributed by atoms with Gasteiger partial charge in [0, 0.05) is 31.2 Å². The summed E-state index contributed by atoms with van der Waals surface area (Å²) < 4.78 is 7.42. The number of hydrogen-bond donors (Lipinski definition) is 0. The number of likely N-dealkylation sites (tertiary alicyclic amines) is 1. The van der Waals surface area contributed by atoms with E-state index in [9.17, 15) is 4.79 Å². The van der Waals surface area contributed by atoms with E-state index in [0.29, 0.717) is 23.5 Å². The first-order valence-electron chi connectivity index (χ1n) is 8.57. The molecular formula is C18H21N5O2. The summed E-state index contributed by atoms with van der Waals surface area (Å²) in [6.07, 6.45) is 5.83. The molecule has 0 aliphatic carbocycles. The minimum absolute atomic E-state index is 0.0178. The number of nitrogens with zero attached hydrogens (tertiary/aromatic N) is 5. The number of carbonyl (C=O) groups excluding carboxylic acids is 1. The third-order valence-corrected chi connectivity index (χ3v) is 4.92. The van der Waals surface area contributed by atoms with Crippen LogP contribution in [0.25, 0.3) is 11.1 Å². The van der Waals surface area contributed by atoms with Crippen LogP contribution in [0.3, 0.4) is 0 Å². The van der Waals surface area contributed by atoms with Crippen molar-refractivity contribution in [2.45, 2.75) is 39.7 Å². The van der Waals surface area contributed by atoms with Crippen molar-refractivity contribution in [1.29, 1.82) is 0 Å². The van der Waals surface area contributed by atoms with E-state index in [1.54, 1.807) is 0 Å². The maximum absolute atomic E-state index is 13.2. The van der Waals surface area contributed by atoms with Gasteiger partial charge in [0.15, 0.2) is 0 Å². The fourth-order valence-electron chi connectivity index (χ4n) is 3.70. The second-order valence-corrected chi connectivity index (χ2v) is 6.69. The Hall–Kier alpha value is -2.70. The first-order chi connectivity index (χ1) is 12.0. The second-order valence-electron chi connectivity index (χ2n) is 6.69. The summed E-state index contributed by atoms with van der Waals surface area (Å²) in [6, 6.07) is 2.10. The Morgan fingerprint density at radius 1 is 1.32 bits per heavy atom. The molecule has 1 saturated heterocycles. The highest BCUT2D eigenvalue weighted by atomic mass is 16.5. The maximum atomic E-state index is 13.2. The lowest BCUT2D eigenvalue weighted by atomic mass is 10.0. The fraction of sp³-hybridized carbons (Fsp3) is 0.444. The number of rotatable bonds is 2. The molecule has 1 fully saturated rings. The zero-order chi connectivity index (χ0) is 17.6. The topological polar surface area (TPSA) is 77.0 Å². The molecule has 3 aromatic heterocycles. The van der Waals surface area contributed by atoms with E-state index in [-0.39, 0.29) is 11.9 Å². The van der Waals surface area contributed by atoms with Gasteiger partial charge in [0.2, 0.25) is 0 Å². The van der Waals surface area contributed by atoms with Gasteiger partial charge >= 0.3 is 0 Å². The van der Waals surface area contributed by atoms with Gasteiger partial charge in [-0.3, -0.25) is 4.79 Å². The van der Waals surface area contributed by atoms with E-state index in [1.165, 1.54) is 0 Å². The second kappa shape index (κ2) is 5.98. The van der Waals surface area contributed by atoms with Crippen molar-refractivity contribution < 1.29 is 9.32 Å². The molecule has 25 heavy (non-hydrogen) atoms. The largest absolute Gasteiger partial charge is 0.337 e. The lowest BCUT2D eigenvalue weighted by Gasteiger charge is -2.34. The van der Waals surface area contributed by atoms with Crippen molar-refractivity contribution in [3.63, 3.8) is 0 Å². The number of amides is 1. The summed E-state index contributed by atoms with van der Waals surface area (Å²) in [6.45, 7) is 7.14. The van der Waals surface area contributed by atoms with Gasteiger partial charge in [-0.05, 0) is 39.7 Å². The van der Waals surface area contributed by atoms with E-state index < -0.39 is 0 Å². The maximum Gasteiger partial charge on any atom is 0.258 e. The smallest absolute Gasteiger partial charge is 0.258 e. The Morgan fingerprint density at radius 3 is 2.92 bits per heavy atom. The van der Waals surface area contributed by atoms with E-state index in [0.717, 1.165) is 36.3 Å². The predicted octanol–water partition coefficient (Wildman–Crippen LogP) is 2.82. The van der Waals surface area contributed by atoms with E-state index in [4.69, 9.17) is 4.52 Å². The standard InChI is InChI=1S/C18H21N5O2/c1-11-9-15(16-12(2)21-25-17(16)20-11)18(24)22-7-4-5-14(10-22)23-8-6-19-13(23)3/h6,8-9,14H,4-5,7,10H2,1-3H3/t14-/m0/s1. The Kier molecular flexibility index (Phi) is 3.78. The molecule has 3 aromatic rings. The number of carbonyl (C=O) groups is 1. The lowest BCUT2D eigenvalue weighted by Crippen LogP contribution is -2.41. The van der Waals surface area contributed by atoms with Gasteiger partial charge in [0.05, 0.1) is 22.7 Å². The van der Waals surface area contributed by atoms with Crippen molar-refractivity contribution in [2.75, 3.05) is 13.1 Å². The summed E-state index contributed by atoms with van der Waals surface area (Å²) >= 11 is 0. The number of fused-ring (bicyclic) bond motifs is 1. The van der Waals surface area contributed by atoms with Crippen molar-refractivity contribution in [3.05, 3.63) is 41.2 Å². The van der Waals surface area contributed by atoms with Crippen molar-refractivity contribution >= 4 is 17.0 Å². The van der Waals surface area contributed by atoms with E-state index in [2.05, 4.69) is 19.7 Å². The molecule has 0 saturated carbocycles. The van der Waals surface area contributed by atoms with Crippen LogP contribution >= 0.6 is 0 Å². The summed E-state index contributed by atoms with van der Waals surface area (Å²) in [7, 11) is 0. The monoisotopic (exact) mass is 339 g/mol. The SMILES string of the molecule is Cc1cc(C(=O)N2CCC[C@H](n3ccnc3C)C2)c2c(C)noc2n1. The van der Waals surface area contributed by atoms with Crippen molar-refractivity contribution in [3.8, 4) is 0 Å². The van der Waals surface area contributed by atoms with Crippen LogP contribution in [0.5, 0.6) is 0 Å². The van der Waals surface area contributed by atoms with Crippen LogP contribution in [0.4, 0.5) is 0 Å². The van der Waals surface area contributed by atoms with Crippen LogP contribution in [0.2, 0.25) is 0 Å². The highest BCUT2D eigenvalue weighted by Gasteiger charge is 2.28. The average Bonchev–Trinajstić information content (AvgIpc) is 3.19. The third kappa shape index (κ3) is 2.69. The number of imidazole rings is 1. The van der Waals surface area contributed by atoms with Crippen LogP contribution in [-0.4, -0.2) is 43.6 Å².